The number of hydrogen-bond acceptors (Lipinski definition) is 1. The lowest BCUT2D eigenvalue weighted by atomic mass is 9.98. The van der Waals surface area contributed by atoms with E-state index in [1.165, 1.54) is 10.8 Å². The van der Waals surface area contributed by atoms with Gasteiger partial charge in [0, 0.05) is 29.1 Å². The van der Waals surface area contributed by atoms with E-state index in [0.717, 1.165) is 39.6 Å². The second-order valence-corrected chi connectivity index (χ2v) is 5.93. The van der Waals surface area contributed by atoms with Crippen molar-refractivity contribution in [1.82, 2.24) is 4.57 Å². The fourth-order valence-electron chi connectivity index (χ4n) is 3.57. The Labute approximate surface area is 135 Å². The minimum Gasteiger partial charge on any atom is -0.343 e. The van der Waals surface area contributed by atoms with Crippen molar-refractivity contribution < 1.29 is 4.79 Å². The molecule has 0 aliphatic rings. The maximum absolute atomic E-state index is 11.9. The Bertz CT molecular complexity index is 1050. The fourth-order valence-corrected chi connectivity index (χ4v) is 3.57. The van der Waals surface area contributed by atoms with E-state index in [-0.39, 0.29) is 0 Å². The molecule has 0 aliphatic heterocycles. The fraction of sp³-hybridized carbons (Fsp3) is 0.0952. The average Bonchev–Trinajstić information content (AvgIpc) is 2.88. The molecule has 23 heavy (non-hydrogen) atoms. The van der Waals surface area contributed by atoms with E-state index in [0.29, 0.717) is 0 Å². The van der Waals surface area contributed by atoms with Gasteiger partial charge in [0.05, 0.1) is 5.69 Å². The zero-order chi connectivity index (χ0) is 16.0. The van der Waals surface area contributed by atoms with Gasteiger partial charge in [-0.25, -0.2) is 0 Å². The van der Waals surface area contributed by atoms with Crippen molar-refractivity contribution in [3.8, 4) is 11.3 Å². The number of benzene rings is 3. The van der Waals surface area contributed by atoms with E-state index in [4.69, 9.17) is 0 Å². The van der Waals surface area contributed by atoms with Crippen molar-refractivity contribution >= 4 is 28.0 Å². The van der Waals surface area contributed by atoms with Crippen molar-refractivity contribution in [3.63, 3.8) is 0 Å². The molecule has 0 fully saturated rings. The van der Waals surface area contributed by atoms with Gasteiger partial charge in [0.2, 0.25) is 0 Å². The van der Waals surface area contributed by atoms with Crippen LogP contribution in [-0.2, 0) is 7.05 Å². The predicted octanol–water partition coefficient (Wildman–Crippen LogP) is 5.12. The summed E-state index contributed by atoms with van der Waals surface area (Å²) >= 11 is 0. The van der Waals surface area contributed by atoms with Crippen LogP contribution in [0.25, 0.3) is 32.9 Å². The Morgan fingerprint density at radius 2 is 1.65 bits per heavy atom. The maximum Gasteiger partial charge on any atom is 0.152 e. The number of nitrogens with zero attached hydrogens (tertiary/aromatic N) is 1. The number of aryl methyl sites for hydroxylation is 2. The molecule has 0 saturated carbocycles. The highest BCUT2D eigenvalue weighted by molar-refractivity contribution is 6.09. The molecule has 0 saturated heterocycles. The first kappa shape index (κ1) is 13.8. The molecule has 0 aliphatic carbocycles. The third-order valence-corrected chi connectivity index (χ3v) is 4.63. The number of carbonyl (C=O) groups is 1. The summed E-state index contributed by atoms with van der Waals surface area (Å²) in [6.07, 6.45) is 0.992. The first-order chi connectivity index (χ1) is 11.2. The summed E-state index contributed by atoms with van der Waals surface area (Å²) in [6.45, 7) is 2.06. The predicted molar refractivity (Wildman–Crippen MR) is 96.0 cm³/mol. The topological polar surface area (TPSA) is 22.0 Å². The van der Waals surface area contributed by atoms with Gasteiger partial charge in [-0.15, -0.1) is 0 Å². The van der Waals surface area contributed by atoms with Crippen LogP contribution in [0.1, 0.15) is 15.9 Å². The standard InChI is InChI=1S/C21H17NO/c1-14-7-5-12-19-20(14)18(13-23)21(22(19)2)17-11-6-9-15-8-3-4-10-16(15)17/h3-13H,1-2H3. The molecule has 0 bridgehead atoms. The van der Waals surface area contributed by atoms with Crippen molar-refractivity contribution in [2.75, 3.05) is 0 Å². The molecule has 0 N–H and O–H groups in total. The van der Waals surface area contributed by atoms with Gasteiger partial charge in [-0.05, 0) is 29.3 Å². The largest absolute Gasteiger partial charge is 0.343 e. The van der Waals surface area contributed by atoms with E-state index in [1.54, 1.807) is 0 Å². The Morgan fingerprint density at radius 1 is 0.913 bits per heavy atom. The zero-order valence-corrected chi connectivity index (χ0v) is 13.2. The van der Waals surface area contributed by atoms with Gasteiger partial charge in [-0.2, -0.15) is 0 Å². The Morgan fingerprint density at radius 3 is 2.48 bits per heavy atom. The number of aromatic nitrogens is 1. The third-order valence-electron chi connectivity index (χ3n) is 4.63. The molecular weight excluding hydrogens is 282 g/mol. The summed E-state index contributed by atoms with van der Waals surface area (Å²) in [7, 11) is 2.03. The summed E-state index contributed by atoms with van der Waals surface area (Å²) in [6, 6.07) is 20.7. The second-order valence-electron chi connectivity index (χ2n) is 5.93. The van der Waals surface area contributed by atoms with E-state index in [9.17, 15) is 4.79 Å². The van der Waals surface area contributed by atoms with E-state index < -0.39 is 0 Å². The highest BCUT2D eigenvalue weighted by Crippen LogP contribution is 2.36. The second kappa shape index (κ2) is 5.10. The molecule has 0 unspecified atom stereocenters. The number of fused-ring (bicyclic) bond motifs is 2. The molecule has 2 heteroatoms. The summed E-state index contributed by atoms with van der Waals surface area (Å²) < 4.78 is 2.13. The quantitative estimate of drug-likeness (QED) is 0.471. The smallest absolute Gasteiger partial charge is 0.152 e. The van der Waals surface area contributed by atoms with Crippen LogP contribution in [0.2, 0.25) is 0 Å². The van der Waals surface area contributed by atoms with Crippen molar-refractivity contribution in [1.29, 1.82) is 0 Å². The summed E-state index contributed by atoms with van der Waals surface area (Å²) in [5.41, 5.74) is 5.09. The molecule has 1 aromatic heterocycles. The number of carbonyl (C=O) groups excluding carboxylic acids is 1. The van der Waals surface area contributed by atoms with E-state index >= 15 is 0 Å². The number of rotatable bonds is 2. The molecule has 4 aromatic rings. The van der Waals surface area contributed by atoms with Gasteiger partial charge in [-0.1, -0.05) is 54.6 Å². The monoisotopic (exact) mass is 299 g/mol. The van der Waals surface area contributed by atoms with Gasteiger partial charge in [0.15, 0.2) is 6.29 Å². The third kappa shape index (κ3) is 1.92. The maximum atomic E-state index is 11.9. The van der Waals surface area contributed by atoms with Gasteiger partial charge in [0.1, 0.15) is 0 Å². The highest BCUT2D eigenvalue weighted by Gasteiger charge is 2.18. The Hall–Kier alpha value is -2.87. The van der Waals surface area contributed by atoms with Crippen molar-refractivity contribution in [2.24, 2.45) is 7.05 Å². The van der Waals surface area contributed by atoms with Crippen LogP contribution in [0.3, 0.4) is 0 Å². The van der Waals surface area contributed by atoms with E-state index in [1.807, 2.05) is 25.2 Å². The van der Waals surface area contributed by atoms with Crippen LogP contribution >= 0.6 is 0 Å². The van der Waals surface area contributed by atoms with Crippen molar-refractivity contribution in [3.05, 3.63) is 71.8 Å². The molecule has 4 rings (SSSR count). The Balaban J connectivity index is 2.19. The molecular formula is C21H17NO. The van der Waals surface area contributed by atoms with Crippen LogP contribution in [0.5, 0.6) is 0 Å². The lowest BCUT2D eigenvalue weighted by molar-refractivity contribution is 0.112. The summed E-state index contributed by atoms with van der Waals surface area (Å²) in [5.74, 6) is 0. The first-order valence-electron chi connectivity index (χ1n) is 7.73. The molecule has 0 radical (unpaired) electrons. The number of hydrogen-bond donors (Lipinski definition) is 0. The van der Waals surface area contributed by atoms with Gasteiger partial charge in [0.25, 0.3) is 0 Å². The van der Waals surface area contributed by atoms with Crippen molar-refractivity contribution in [2.45, 2.75) is 6.92 Å². The lowest BCUT2D eigenvalue weighted by Gasteiger charge is -2.09. The molecule has 112 valence electrons. The lowest BCUT2D eigenvalue weighted by Crippen LogP contribution is -1.94. The van der Waals surface area contributed by atoms with Crippen LogP contribution in [0, 0.1) is 6.92 Å². The molecule has 1 heterocycles. The molecule has 3 aromatic carbocycles. The van der Waals surface area contributed by atoms with Gasteiger partial charge in [-0.3, -0.25) is 4.79 Å². The van der Waals surface area contributed by atoms with Gasteiger partial charge >= 0.3 is 0 Å². The molecule has 0 amide bonds. The van der Waals surface area contributed by atoms with Gasteiger partial charge < -0.3 is 4.57 Å². The first-order valence-corrected chi connectivity index (χ1v) is 7.73. The van der Waals surface area contributed by atoms with Crippen LogP contribution in [-0.4, -0.2) is 10.9 Å². The minimum atomic E-state index is 0.775. The SMILES string of the molecule is Cc1cccc2c1c(C=O)c(-c1cccc3ccccc13)n2C. The van der Waals surface area contributed by atoms with Crippen LogP contribution < -0.4 is 0 Å². The molecule has 2 nitrogen and oxygen atoms in total. The zero-order valence-electron chi connectivity index (χ0n) is 13.2. The van der Waals surface area contributed by atoms with Crippen LogP contribution in [0.4, 0.5) is 0 Å². The summed E-state index contributed by atoms with van der Waals surface area (Å²) in [5, 5.41) is 3.40. The summed E-state index contributed by atoms with van der Waals surface area (Å²) in [4.78, 5) is 11.9. The average molecular weight is 299 g/mol. The minimum absolute atomic E-state index is 0.775. The highest BCUT2D eigenvalue weighted by atomic mass is 16.1. The molecule has 0 spiro atoms. The van der Waals surface area contributed by atoms with E-state index in [2.05, 4.69) is 54.0 Å². The Kier molecular flexibility index (Phi) is 3.05. The van der Waals surface area contributed by atoms with Crippen LogP contribution in [0.15, 0.2) is 60.7 Å². The molecule has 0 atom stereocenters. The number of aldehydes is 1. The normalized spacial score (nSPS) is 11.2.